The van der Waals surface area contributed by atoms with E-state index in [2.05, 4.69) is 10.6 Å². The number of benzene rings is 1. The van der Waals surface area contributed by atoms with Gasteiger partial charge in [0.15, 0.2) is 5.76 Å². The Morgan fingerprint density at radius 3 is 2.56 bits per heavy atom. The number of hydrogen-bond acceptors (Lipinski definition) is 4. The maximum atomic E-state index is 12.0. The van der Waals surface area contributed by atoms with Crippen LogP contribution < -0.4 is 16.4 Å². The number of nitrogens with two attached hydrogens (primary N) is 1. The fourth-order valence-electron chi connectivity index (χ4n) is 2.48. The monoisotopic (exact) mass is 343 g/mol. The van der Waals surface area contributed by atoms with Crippen molar-refractivity contribution in [1.82, 2.24) is 0 Å². The molecule has 0 bridgehead atoms. The molecule has 1 aromatic carbocycles. The third kappa shape index (κ3) is 6.08. The van der Waals surface area contributed by atoms with Gasteiger partial charge in [-0.15, -0.1) is 0 Å². The molecule has 0 radical (unpaired) electrons. The molecule has 2 aromatic rings. The number of furan rings is 1. The molecule has 0 spiro atoms. The average molecular weight is 343 g/mol. The molecule has 1 aromatic heterocycles. The summed E-state index contributed by atoms with van der Waals surface area (Å²) in [5.74, 6) is -0.0479. The van der Waals surface area contributed by atoms with Gasteiger partial charge in [-0.3, -0.25) is 9.59 Å². The van der Waals surface area contributed by atoms with Crippen LogP contribution in [-0.4, -0.2) is 18.4 Å². The fourth-order valence-corrected chi connectivity index (χ4v) is 2.48. The highest BCUT2D eigenvalue weighted by Crippen LogP contribution is 2.21. The molecule has 0 saturated heterocycles. The van der Waals surface area contributed by atoms with E-state index in [-0.39, 0.29) is 17.6 Å². The first-order valence-corrected chi connectivity index (χ1v) is 8.55. The van der Waals surface area contributed by atoms with Crippen LogP contribution in [0.25, 0.3) is 0 Å². The first-order chi connectivity index (χ1) is 12.1. The number of hydrogen-bond donors (Lipinski definition) is 3. The lowest BCUT2D eigenvalue weighted by atomic mass is 10.1. The predicted molar refractivity (Wildman–Crippen MR) is 98.6 cm³/mol. The Balaban J connectivity index is 1.84. The van der Waals surface area contributed by atoms with Gasteiger partial charge in [0.1, 0.15) is 0 Å². The van der Waals surface area contributed by atoms with Gasteiger partial charge in [-0.05, 0) is 62.2 Å². The average Bonchev–Trinajstić information content (AvgIpc) is 3.12. The Bertz CT molecular complexity index is 696. The summed E-state index contributed by atoms with van der Waals surface area (Å²) < 4.78 is 5.07. The van der Waals surface area contributed by atoms with Gasteiger partial charge >= 0.3 is 0 Å². The van der Waals surface area contributed by atoms with Crippen molar-refractivity contribution in [3.8, 4) is 0 Å². The van der Waals surface area contributed by atoms with Crippen molar-refractivity contribution >= 4 is 23.2 Å². The minimum absolute atomic E-state index is 0.000445. The minimum Gasteiger partial charge on any atom is -0.459 e. The van der Waals surface area contributed by atoms with Crippen LogP contribution in [0.3, 0.4) is 0 Å². The van der Waals surface area contributed by atoms with Gasteiger partial charge in [-0.2, -0.15) is 0 Å². The van der Waals surface area contributed by atoms with Crippen molar-refractivity contribution in [2.24, 2.45) is 5.73 Å². The molecule has 0 aliphatic heterocycles. The van der Waals surface area contributed by atoms with Gasteiger partial charge in [-0.1, -0.05) is 12.8 Å². The summed E-state index contributed by atoms with van der Waals surface area (Å²) in [6.45, 7) is 2.58. The maximum Gasteiger partial charge on any atom is 0.291 e. The molecule has 0 atom stereocenters. The molecular weight excluding hydrogens is 318 g/mol. The number of anilines is 2. The topological polar surface area (TPSA) is 97.4 Å². The van der Waals surface area contributed by atoms with Crippen LogP contribution in [-0.2, 0) is 4.79 Å². The second kappa shape index (κ2) is 9.64. The molecule has 2 rings (SSSR count). The zero-order chi connectivity index (χ0) is 18.1. The van der Waals surface area contributed by atoms with E-state index in [1.807, 2.05) is 13.0 Å². The first kappa shape index (κ1) is 18.7. The molecule has 2 amide bonds. The number of nitrogens with one attached hydrogen (secondary N) is 2. The maximum absolute atomic E-state index is 12.0. The summed E-state index contributed by atoms with van der Waals surface area (Å²) in [6, 6.07) is 8.65. The molecule has 4 N–H and O–H groups in total. The normalized spacial score (nSPS) is 10.5. The van der Waals surface area contributed by atoms with E-state index in [1.54, 1.807) is 24.3 Å². The number of carbonyl (C=O) groups excluding carboxylic acids is 2. The van der Waals surface area contributed by atoms with E-state index in [0.29, 0.717) is 18.7 Å². The van der Waals surface area contributed by atoms with E-state index in [1.165, 1.54) is 6.26 Å². The molecule has 134 valence electrons. The number of carbonyl (C=O) groups is 2. The molecule has 6 nitrogen and oxygen atoms in total. The van der Waals surface area contributed by atoms with Gasteiger partial charge in [0.2, 0.25) is 5.91 Å². The van der Waals surface area contributed by atoms with Gasteiger partial charge < -0.3 is 20.8 Å². The van der Waals surface area contributed by atoms with Crippen LogP contribution in [0.1, 0.15) is 48.2 Å². The standard InChI is InChI=1S/C19H25N3O3/c1-14-13-15(21-18(23)8-4-2-3-5-11-20)9-10-16(14)22-19(24)17-7-6-12-25-17/h6-7,9-10,12-13H,2-5,8,11,20H2,1H3,(H,21,23)(H,22,24). The molecule has 0 fully saturated rings. The molecule has 25 heavy (non-hydrogen) atoms. The van der Waals surface area contributed by atoms with Crippen molar-refractivity contribution < 1.29 is 14.0 Å². The highest BCUT2D eigenvalue weighted by atomic mass is 16.3. The molecular formula is C19H25N3O3. The van der Waals surface area contributed by atoms with Crippen molar-refractivity contribution in [2.45, 2.75) is 39.0 Å². The molecule has 0 aliphatic carbocycles. The largest absolute Gasteiger partial charge is 0.459 e. The number of rotatable bonds is 9. The number of amides is 2. The second-order valence-electron chi connectivity index (χ2n) is 5.96. The summed E-state index contributed by atoms with van der Waals surface area (Å²) >= 11 is 0. The van der Waals surface area contributed by atoms with Crippen molar-refractivity contribution in [3.63, 3.8) is 0 Å². The van der Waals surface area contributed by atoms with Crippen LogP contribution in [0.15, 0.2) is 41.0 Å². The van der Waals surface area contributed by atoms with Gasteiger partial charge in [0, 0.05) is 17.8 Å². The van der Waals surface area contributed by atoms with E-state index in [9.17, 15) is 9.59 Å². The Labute approximate surface area is 147 Å². The predicted octanol–water partition coefficient (Wildman–Crippen LogP) is 3.69. The van der Waals surface area contributed by atoms with Crippen molar-refractivity contribution in [3.05, 3.63) is 47.9 Å². The minimum atomic E-state index is -0.303. The molecule has 1 heterocycles. The summed E-state index contributed by atoms with van der Waals surface area (Å²) in [5, 5.41) is 5.68. The molecule has 0 saturated carbocycles. The zero-order valence-electron chi connectivity index (χ0n) is 14.5. The van der Waals surface area contributed by atoms with Crippen molar-refractivity contribution in [2.75, 3.05) is 17.2 Å². The quantitative estimate of drug-likeness (QED) is 0.605. The lowest BCUT2D eigenvalue weighted by Gasteiger charge is -2.10. The lowest BCUT2D eigenvalue weighted by molar-refractivity contribution is -0.116. The second-order valence-corrected chi connectivity index (χ2v) is 5.96. The molecule has 0 aliphatic rings. The van der Waals surface area contributed by atoms with Crippen LogP contribution in [0, 0.1) is 6.92 Å². The first-order valence-electron chi connectivity index (χ1n) is 8.55. The molecule has 0 unspecified atom stereocenters. The van der Waals surface area contributed by atoms with Crippen molar-refractivity contribution in [1.29, 1.82) is 0 Å². The third-order valence-corrected chi connectivity index (χ3v) is 3.86. The highest BCUT2D eigenvalue weighted by molar-refractivity contribution is 6.02. The van der Waals surface area contributed by atoms with E-state index in [4.69, 9.17) is 10.2 Å². The van der Waals surface area contributed by atoms with E-state index >= 15 is 0 Å². The molecule has 6 heteroatoms. The summed E-state index contributed by atoms with van der Waals surface area (Å²) in [5.41, 5.74) is 7.71. The van der Waals surface area contributed by atoms with E-state index < -0.39 is 0 Å². The summed E-state index contributed by atoms with van der Waals surface area (Å²) in [6.07, 6.45) is 5.90. The van der Waals surface area contributed by atoms with Gasteiger partial charge in [0.05, 0.1) is 6.26 Å². The van der Waals surface area contributed by atoms with Gasteiger partial charge in [-0.25, -0.2) is 0 Å². The smallest absolute Gasteiger partial charge is 0.291 e. The van der Waals surface area contributed by atoms with Gasteiger partial charge in [0.25, 0.3) is 5.91 Å². The van der Waals surface area contributed by atoms with Crippen LogP contribution >= 0.6 is 0 Å². The Morgan fingerprint density at radius 1 is 1.08 bits per heavy atom. The Kier molecular flexibility index (Phi) is 7.22. The summed E-state index contributed by atoms with van der Waals surface area (Å²) in [4.78, 5) is 24.0. The lowest BCUT2D eigenvalue weighted by Crippen LogP contribution is -2.13. The Hall–Kier alpha value is -2.60. The van der Waals surface area contributed by atoms with Crippen LogP contribution in [0.4, 0.5) is 11.4 Å². The zero-order valence-corrected chi connectivity index (χ0v) is 14.5. The number of aryl methyl sites for hydroxylation is 1. The highest BCUT2D eigenvalue weighted by Gasteiger charge is 2.11. The van der Waals surface area contributed by atoms with Crippen LogP contribution in [0.5, 0.6) is 0 Å². The fraction of sp³-hybridized carbons (Fsp3) is 0.368. The van der Waals surface area contributed by atoms with E-state index in [0.717, 1.165) is 36.9 Å². The van der Waals surface area contributed by atoms with Crippen LogP contribution in [0.2, 0.25) is 0 Å². The Morgan fingerprint density at radius 2 is 1.88 bits per heavy atom. The SMILES string of the molecule is Cc1cc(NC(=O)CCCCCCN)ccc1NC(=O)c1ccco1. The third-order valence-electron chi connectivity index (χ3n) is 3.86. The summed E-state index contributed by atoms with van der Waals surface area (Å²) in [7, 11) is 0. The number of unbranched alkanes of at least 4 members (excludes halogenated alkanes) is 3.